The van der Waals surface area contributed by atoms with Crippen LogP contribution in [0.25, 0.3) is 21.0 Å². The van der Waals surface area contributed by atoms with Crippen molar-refractivity contribution in [1.82, 2.24) is 14.1 Å². The van der Waals surface area contributed by atoms with Crippen molar-refractivity contribution in [3.05, 3.63) is 68.7 Å². The monoisotopic (exact) mass is 582 g/mol. The predicted octanol–water partition coefficient (Wildman–Crippen LogP) is 3.60. The van der Waals surface area contributed by atoms with E-state index in [9.17, 15) is 14.4 Å². The van der Waals surface area contributed by atoms with Gasteiger partial charge in [-0.2, -0.15) is 0 Å². The lowest BCUT2D eigenvalue weighted by atomic mass is 10.0. The van der Waals surface area contributed by atoms with E-state index < -0.39 is 28.8 Å². The summed E-state index contributed by atoms with van der Waals surface area (Å²) < 4.78 is 25.7. The van der Waals surface area contributed by atoms with Gasteiger partial charge < -0.3 is 24.4 Å². The zero-order valence-corrected chi connectivity index (χ0v) is 24.4. The zero-order valence-electron chi connectivity index (χ0n) is 23.5. The van der Waals surface area contributed by atoms with Gasteiger partial charge in [0.05, 0.1) is 36.7 Å². The van der Waals surface area contributed by atoms with Crippen molar-refractivity contribution in [3.63, 3.8) is 0 Å². The number of aromatic nitrogens is 3. The van der Waals surface area contributed by atoms with Crippen LogP contribution in [0.5, 0.6) is 5.75 Å². The molecule has 11 nitrogen and oxygen atoms in total. The number of aryl methyl sites for hydroxylation is 1. The number of hydrogen-bond acceptors (Lipinski definition) is 9. The Kier molecular flexibility index (Phi) is 8.16. The lowest BCUT2D eigenvalue weighted by Crippen LogP contribution is -2.54. The number of nitrogens with two attached hydrogens (primary N) is 1. The molecule has 0 spiro atoms. The summed E-state index contributed by atoms with van der Waals surface area (Å²) in [4.78, 5) is 45.8. The Hall–Kier alpha value is -3.74. The molecule has 1 saturated heterocycles. The van der Waals surface area contributed by atoms with Gasteiger partial charge in [0.15, 0.2) is 0 Å². The number of carbonyl (C=O) groups excluding carboxylic acids is 1. The lowest BCUT2D eigenvalue weighted by molar-refractivity contribution is -0.125. The first-order valence-electron chi connectivity index (χ1n) is 13.5. The molecule has 4 aromatic rings. The Bertz CT molecular complexity index is 1660. The number of methoxy groups -OCH3 is 1. The second-order valence-corrected chi connectivity index (χ2v) is 11.6. The molecular weight excluding hydrogens is 548 g/mol. The molecule has 218 valence electrons. The molecule has 1 amide bonds. The van der Waals surface area contributed by atoms with E-state index in [0.29, 0.717) is 58.0 Å². The van der Waals surface area contributed by atoms with Gasteiger partial charge in [0, 0.05) is 18.8 Å². The highest BCUT2D eigenvalue weighted by Crippen LogP contribution is 2.37. The highest BCUT2D eigenvalue weighted by molar-refractivity contribution is 7.22. The number of ether oxygens (including phenoxy) is 3. The first-order valence-corrected chi connectivity index (χ1v) is 14.3. The van der Waals surface area contributed by atoms with Crippen molar-refractivity contribution in [2.45, 2.75) is 51.8 Å². The van der Waals surface area contributed by atoms with E-state index in [-0.39, 0.29) is 6.54 Å². The Labute approximate surface area is 240 Å². The SMILES string of the molecule is COc1ccccc1C(Cn1c(=O)n(C(C)(C)C(N)=O)c(=O)c2c(C)c(-c3ncco3)sc21)OCC1CCOCC1. The summed E-state index contributed by atoms with van der Waals surface area (Å²) in [7, 11) is 1.58. The molecule has 12 heteroatoms. The minimum absolute atomic E-state index is 0.0546. The van der Waals surface area contributed by atoms with Crippen LogP contribution < -0.4 is 21.7 Å². The van der Waals surface area contributed by atoms with Crippen LogP contribution in [0.1, 0.15) is 43.9 Å². The third-order valence-corrected chi connectivity index (χ3v) is 9.01. The van der Waals surface area contributed by atoms with E-state index in [4.69, 9.17) is 24.4 Å². The van der Waals surface area contributed by atoms with Gasteiger partial charge in [0.2, 0.25) is 11.8 Å². The second-order valence-electron chi connectivity index (χ2n) is 10.7. The number of benzene rings is 1. The van der Waals surface area contributed by atoms with Gasteiger partial charge >= 0.3 is 5.69 Å². The smallest absolute Gasteiger partial charge is 0.333 e. The number of primary amides is 1. The van der Waals surface area contributed by atoms with E-state index in [2.05, 4.69) is 4.98 Å². The predicted molar refractivity (Wildman–Crippen MR) is 154 cm³/mol. The van der Waals surface area contributed by atoms with Crippen molar-refractivity contribution >= 4 is 27.5 Å². The van der Waals surface area contributed by atoms with Crippen molar-refractivity contribution in [3.8, 4) is 16.5 Å². The van der Waals surface area contributed by atoms with Crippen molar-refractivity contribution < 1.29 is 23.4 Å². The summed E-state index contributed by atoms with van der Waals surface area (Å²) in [6.45, 7) is 6.57. The molecule has 0 aliphatic carbocycles. The molecule has 1 aromatic carbocycles. The van der Waals surface area contributed by atoms with Crippen LogP contribution in [0, 0.1) is 12.8 Å². The summed E-state index contributed by atoms with van der Waals surface area (Å²) in [5.41, 5.74) is 4.19. The summed E-state index contributed by atoms with van der Waals surface area (Å²) in [6.07, 6.45) is 4.12. The maximum atomic E-state index is 14.2. The number of rotatable bonds is 10. The quantitative estimate of drug-likeness (QED) is 0.299. The molecule has 0 bridgehead atoms. The minimum Gasteiger partial charge on any atom is -0.496 e. The molecular formula is C29H34N4O7S. The van der Waals surface area contributed by atoms with Crippen molar-refractivity contribution in [2.24, 2.45) is 11.7 Å². The molecule has 1 aliphatic rings. The Morgan fingerprint density at radius 3 is 2.63 bits per heavy atom. The fourth-order valence-electron chi connectivity index (χ4n) is 5.15. The van der Waals surface area contributed by atoms with Crippen molar-refractivity contribution in [2.75, 3.05) is 26.9 Å². The van der Waals surface area contributed by atoms with Crippen LogP contribution in [0.2, 0.25) is 0 Å². The van der Waals surface area contributed by atoms with Crippen LogP contribution in [-0.4, -0.2) is 47.0 Å². The molecule has 0 saturated carbocycles. The van der Waals surface area contributed by atoms with Gasteiger partial charge in [-0.15, -0.1) is 11.3 Å². The molecule has 1 aliphatic heterocycles. The molecule has 1 atom stereocenters. The number of hydrogen-bond donors (Lipinski definition) is 1. The number of amides is 1. The molecule has 41 heavy (non-hydrogen) atoms. The number of para-hydroxylation sites is 1. The maximum absolute atomic E-state index is 14.2. The molecule has 5 rings (SSSR count). The molecule has 0 radical (unpaired) electrons. The average Bonchev–Trinajstić information content (AvgIpc) is 3.61. The molecule has 4 heterocycles. The standard InChI is InChI=1S/C29H34N4O7S/c1-17-22-25(34)33(29(2,3)27(30)35)28(36)32(26(22)41-23(17)24-31-11-14-39-24)15-21(19-7-5-6-8-20(19)37-4)40-16-18-9-12-38-13-10-18/h5-8,11,14,18,21H,9-10,12-13,15-16H2,1-4H3,(H2,30,35). The zero-order chi connectivity index (χ0) is 29.3. The minimum atomic E-state index is -1.59. The third-order valence-electron chi connectivity index (χ3n) is 7.71. The number of nitrogens with zero attached hydrogens (tertiary/aromatic N) is 3. The average molecular weight is 583 g/mol. The van der Waals surface area contributed by atoms with Gasteiger partial charge in [-0.1, -0.05) is 18.2 Å². The van der Waals surface area contributed by atoms with E-state index in [1.165, 1.54) is 42.2 Å². The summed E-state index contributed by atoms with van der Waals surface area (Å²) in [5.74, 6) is 0.448. The Morgan fingerprint density at radius 2 is 1.98 bits per heavy atom. The van der Waals surface area contributed by atoms with Crippen LogP contribution in [0.4, 0.5) is 0 Å². The second kappa shape index (κ2) is 11.6. The number of thiophene rings is 1. The first-order chi connectivity index (χ1) is 19.6. The Morgan fingerprint density at radius 1 is 1.24 bits per heavy atom. The summed E-state index contributed by atoms with van der Waals surface area (Å²) in [5, 5.41) is 0.292. The molecule has 2 N–H and O–H groups in total. The largest absolute Gasteiger partial charge is 0.496 e. The van der Waals surface area contributed by atoms with Crippen LogP contribution in [-0.2, 0) is 26.4 Å². The van der Waals surface area contributed by atoms with E-state index >= 15 is 0 Å². The first kappa shape index (κ1) is 28.8. The van der Waals surface area contributed by atoms with E-state index in [1.54, 1.807) is 14.0 Å². The normalized spacial score (nSPS) is 15.3. The third kappa shape index (κ3) is 5.34. The maximum Gasteiger partial charge on any atom is 0.333 e. The van der Waals surface area contributed by atoms with E-state index in [1.807, 2.05) is 24.3 Å². The number of carbonyl (C=O) groups is 1. The van der Waals surface area contributed by atoms with Crippen LogP contribution >= 0.6 is 11.3 Å². The summed E-state index contributed by atoms with van der Waals surface area (Å²) in [6, 6.07) is 7.49. The van der Waals surface area contributed by atoms with Gasteiger partial charge in [-0.05, 0) is 51.2 Å². The van der Waals surface area contributed by atoms with Gasteiger partial charge in [0.1, 0.15) is 28.5 Å². The highest BCUT2D eigenvalue weighted by Gasteiger charge is 2.35. The fourth-order valence-corrected chi connectivity index (χ4v) is 6.40. The molecule has 1 fully saturated rings. The highest BCUT2D eigenvalue weighted by atomic mass is 32.1. The fraction of sp³-hybridized carbons (Fsp3) is 0.448. The summed E-state index contributed by atoms with van der Waals surface area (Å²) >= 11 is 1.23. The molecule has 3 aromatic heterocycles. The number of fused-ring (bicyclic) bond motifs is 1. The Balaban J connectivity index is 1.71. The van der Waals surface area contributed by atoms with E-state index in [0.717, 1.165) is 23.0 Å². The number of oxazole rings is 1. The molecule has 1 unspecified atom stereocenters. The lowest BCUT2D eigenvalue weighted by Gasteiger charge is -2.28. The van der Waals surface area contributed by atoms with Gasteiger partial charge in [0.25, 0.3) is 5.56 Å². The van der Waals surface area contributed by atoms with Gasteiger partial charge in [-0.3, -0.25) is 14.2 Å². The van der Waals surface area contributed by atoms with Crippen LogP contribution in [0.15, 0.2) is 50.7 Å². The van der Waals surface area contributed by atoms with Crippen molar-refractivity contribution in [1.29, 1.82) is 0 Å². The van der Waals surface area contributed by atoms with Crippen LogP contribution in [0.3, 0.4) is 0 Å². The topological polar surface area (TPSA) is 141 Å². The van der Waals surface area contributed by atoms with Gasteiger partial charge in [-0.25, -0.2) is 14.3 Å².